The number of para-hydroxylation sites is 1. The summed E-state index contributed by atoms with van der Waals surface area (Å²) < 4.78 is 21.0. The average molecular weight is 389 g/mol. The number of ether oxygens (including phenoxy) is 1. The van der Waals surface area contributed by atoms with Gasteiger partial charge in [-0.25, -0.2) is 4.39 Å². The molecule has 0 aliphatic carbocycles. The first-order valence-electron chi connectivity index (χ1n) is 8.39. The molecule has 1 heterocycles. The Bertz CT molecular complexity index is 1030. The molecule has 0 aliphatic heterocycles. The van der Waals surface area contributed by atoms with Gasteiger partial charge < -0.3 is 14.6 Å². The van der Waals surface area contributed by atoms with Crippen molar-refractivity contribution in [2.45, 2.75) is 13.3 Å². The Kier molecular flexibility index (Phi) is 5.46. The first-order chi connectivity index (χ1) is 12.9. The van der Waals surface area contributed by atoms with Gasteiger partial charge in [-0.2, -0.15) is 0 Å². The first-order valence-corrected chi connectivity index (χ1v) is 8.77. The van der Waals surface area contributed by atoms with Gasteiger partial charge in [-0.3, -0.25) is 9.59 Å². The van der Waals surface area contributed by atoms with Crippen molar-refractivity contribution in [2.75, 3.05) is 11.9 Å². The monoisotopic (exact) mass is 388 g/mol. The van der Waals surface area contributed by atoms with Crippen LogP contribution in [-0.2, 0) is 23.0 Å². The van der Waals surface area contributed by atoms with Crippen molar-refractivity contribution in [1.82, 2.24) is 4.57 Å². The maximum Gasteiger partial charge on any atom is 0.310 e. The summed E-state index contributed by atoms with van der Waals surface area (Å²) in [7, 11) is 1.84. The fourth-order valence-corrected chi connectivity index (χ4v) is 3.13. The average Bonchev–Trinajstić information content (AvgIpc) is 2.97. The summed E-state index contributed by atoms with van der Waals surface area (Å²) in [6.07, 6.45) is 1.48. The summed E-state index contributed by atoms with van der Waals surface area (Å²) in [5, 5.41) is 3.57. The Morgan fingerprint density at radius 2 is 2.00 bits per heavy atom. The molecule has 5 nitrogen and oxygen atoms in total. The van der Waals surface area contributed by atoms with Crippen LogP contribution in [0.5, 0.6) is 0 Å². The van der Waals surface area contributed by atoms with E-state index >= 15 is 0 Å². The maximum atomic E-state index is 14.3. The van der Waals surface area contributed by atoms with E-state index in [1.54, 1.807) is 13.1 Å². The number of halogens is 2. The number of fused-ring (bicyclic) bond motifs is 1. The molecule has 0 fully saturated rings. The fourth-order valence-electron chi connectivity index (χ4n) is 2.90. The zero-order chi connectivity index (χ0) is 19.6. The fraction of sp³-hybridized carbons (Fsp3) is 0.200. The van der Waals surface area contributed by atoms with Gasteiger partial charge >= 0.3 is 5.97 Å². The molecular formula is C20H18ClFN2O3. The molecule has 0 unspecified atom stereocenters. The van der Waals surface area contributed by atoms with E-state index in [2.05, 4.69) is 5.32 Å². The summed E-state index contributed by atoms with van der Waals surface area (Å²) in [5.74, 6) is -1.58. The van der Waals surface area contributed by atoms with E-state index in [0.717, 1.165) is 17.0 Å². The first kappa shape index (κ1) is 18.9. The molecule has 140 valence electrons. The molecule has 0 radical (unpaired) electrons. The van der Waals surface area contributed by atoms with Crippen molar-refractivity contribution in [3.63, 3.8) is 0 Å². The summed E-state index contributed by atoms with van der Waals surface area (Å²) >= 11 is 6.18. The number of rotatable bonds is 5. The van der Waals surface area contributed by atoms with E-state index in [9.17, 15) is 14.0 Å². The van der Waals surface area contributed by atoms with Crippen molar-refractivity contribution in [2.24, 2.45) is 7.05 Å². The molecular weight excluding hydrogens is 371 g/mol. The van der Waals surface area contributed by atoms with Crippen LogP contribution in [0.4, 0.5) is 10.1 Å². The molecule has 1 N–H and O–H groups in total. The number of nitrogens with zero attached hydrogens (tertiary/aromatic N) is 1. The van der Waals surface area contributed by atoms with E-state index in [0.29, 0.717) is 5.56 Å². The van der Waals surface area contributed by atoms with Gasteiger partial charge in [-0.1, -0.05) is 29.8 Å². The Balaban J connectivity index is 1.86. The lowest BCUT2D eigenvalue weighted by molar-refractivity contribution is -0.142. The van der Waals surface area contributed by atoms with Crippen LogP contribution >= 0.6 is 11.6 Å². The quantitative estimate of drug-likeness (QED) is 0.662. The van der Waals surface area contributed by atoms with Crippen LogP contribution in [0.25, 0.3) is 10.9 Å². The van der Waals surface area contributed by atoms with Crippen LogP contribution in [0.3, 0.4) is 0 Å². The number of carbonyl (C=O) groups excluding carboxylic acids is 2. The zero-order valence-corrected chi connectivity index (χ0v) is 15.6. The molecule has 0 saturated heterocycles. The van der Waals surface area contributed by atoms with E-state index < -0.39 is 17.7 Å². The maximum absolute atomic E-state index is 14.3. The van der Waals surface area contributed by atoms with E-state index in [4.69, 9.17) is 16.3 Å². The minimum absolute atomic E-state index is 0.113. The zero-order valence-electron chi connectivity index (χ0n) is 14.9. The highest BCUT2D eigenvalue weighted by atomic mass is 35.5. The Hall–Kier alpha value is -2.86. The second-order valence-corrected chi connectivity index (χ2v) is 6.44. The largest absolute Gasteiger partial charge is 0.466 e. The van der Waals surface area contributed by atoms with E-state index in [1.165, 1.54) is 6.07 Å². The molecule has 1 aromatic heterocycles. The minimum Gasteiger partial charge on any atom is -0.466 e. The van der Waals surface area contributed by atoms with Gasteiger partial charge in [0.2, 0.25) is 0 Å². The number of esters is 1. The smallest absolute Gasteiger partial charge is 0.310 e. The lowest BCUT2D eigenvalue weighted by Gasteiger charge is -2.10. The van der Waals surface area contributed by atoms with Crippen molar-refractivity contribution >= 4 is 40.1 Å². The van der Waals surface area contributed by atoms with Gasteiger partial charge in [-0.15, -0.1) is 0 Å². The van der Waals surface area contributed by atoms with Crippen LogP contribution in [-0.4, -0.2) is 23.1 Å². The number of nitrogens with one attached hydrogen (secondary N) is 1. The SMILES string of the molecule is CCOC(=O)Cc1cc(Cl)c(NC(=O)c2cn(C)c3ccccc23)cc1F. The summed E-state index contributed by atoms with van der Waals surface area (Å²) in [6, 6.07) is 9.92. The molecule has 0 spiro atoms. The predicted octanol–water partition coefficient (Wildman–Crippen LogP) is 4.33. The predicted molar refractivity (Wildman–Crippen MR) is 103 cm³/mol. The molecule has 0 saturated carbocycles. The van der Waals surface area contributed by atoms with Gasteiger partial charge in [0.05, 0.1) is 29.3 Å². The number of benzene rings is 2. The number of carbonyl (C=O) groups is 2. The van der Waals surface area contributed by atoms with Crippen molar-refractivity contribution in [1.29, 1.82) is 0 Å². The molecule has 7 heteroatoms. The lowest BCUT2D eigenvalue weighted by Crippen LogP contribution is -2.13. The molecule has 2 aromatic carbocycles. The second-order valence-electron chi connectivity index (χ2n) is 6.03. The molecule has 27 heavy (non-hydrogen) atoms. The highest BCUT2D eigenvalue weighted by Crippen LogP contribution is 2.28. The van der Waals surface area contributed by atoms with Crippen LogP contribution in [0.2, 0.25) is 5.02 Å². The van der Waals surface area contributed by atoms with E-state index in [1.807, 2.05) is 35.9 Å². The van der Waals surface area contributed by atoms with Crippen molar-refractivity contribution in [3.05, 3.63) is 64.6 Å². The van der Waals surface area contributed by atoms with Gasteiger partial charge in [0.15, 0.2) is 0 Å². The lowest BCUT2D eigenvalue weighted by atomic mass is 10.1. The number of anilines is 1. The third kappa shape index (κ3) is 3.95. The van der Waals surface area contributed by atoms with Crippen LogP contribution in [0.1, 0.15) is 22.8 Å². The second kappa shape index (κ2) is 7.80. The van der Waals surface area contributed by atoms with Crippen LogP contribution in [0.15, 0.2) is 42.6 Å². The molecule has 3 aromatic rings. The Morgan fingerprint density at radius 3 is 2.74 bits per heavy atom. The van der Waals surface area contributed by atoms with Crippen LogP contribution in [0, 0.1) is 5.82 Å². The third-order valence-corrected chi connectivity index (χ3v) is 4.48. The summed E-state index contributed by atoms with van der Waals surface area (Å²) in [5.41, 5.74) is 1.62. The van der Waals surface area contributed by atoms with Gasteiger partial charge in [-0.05, 0) is 25.1 Å². The molecule has 0 atom stereocenters. The standard InChI is InChI=1S/C20H18ClFN2O3/c1-3-27-19(25)9-12-8-15(21)17(10-16(12)22)23-20(26)14-11-24(2)18-7-5-4-6-13(14)18/h4-8,10-11H,3,9H2,1-2H3,(H,23,26). The van der Waals surface area contributed by atoms with E-state index in [-0.39, 0.29) is 29.3 Å². The highest BCUT2D eigenvalue weighted by Gasteiger charge is 2.17. The van der Waals surface area contributed by atoms with Crippen molar-refractivity contribution < 1.29 is 18.7 Å². The van der Waals surface area contributed by atoms with Crippen molar-refractivity contribution in [3.8, 4) is 0 Å². The van der Waals surface area contributed by atoms with Gasteiger partial charge in [0.1, 0.15) is 5.82 Å². The third-order valence-electron chi connectivity index (χ3n) is 4.17. The summed E-state index contributed by atoms with van der Waals surface area (Å²) in [4.78, 5) is 24.2. The molecule has 1 amide bonds. The Labute approximate surface area is 160 Å². The topological polar surface area (TPSA) is 60.3 Å². The number of amides is 1. The van der Waals surface area contributed by atoms with Gasteiger partial charge in [0.25, 0.3) is 5.91 Å². The molecule has 3 rings (SSSR count). The molecule has 0 bridgehead atoms. The minimum atomic E-state index is -0.638. The number of aromatic nitrogens is 1. The Morgan fingerprint density at radius 1 is 1.26 bits per heavy atom. The van der Waals surface area contributed by atoms with Gasteiger partial charge in [0, 0.05) is 29.7 Å². The number of aryl methyl sites for hydroxylation is 1. The summed E-state index contributed by atoms with van der Waals surface area (Å²) in [6.45, 7) is 1.89. The normalized spacial score (nSPS) is 10.8. The van der Waals surface area contributed by atoms with Crippen LogP contribution < -0.4 is 5.32 Å². The molecule has 0 aliphatic rings. The highest BCUT2D eigenvalue weighted by molar-refractivity contribution is 6.34. The number of hydrogen-bond donors (Lipinski definition) is 1. The number of hydrogen-bond acceptors (Lipinski definition) is 3.